The third-order valence-electron chi connectivity index (χ3n) is 4.52. The van der Waals surface area contributed by atoms with Gasteiger partial charge >= 0.3 is 0 Å². The van der Waals surface area contributed by atoms with Crippen LogP contribution < -0.4 is 5.73 Å². The molecule has 1 aliphatic rings. The highest BCUT2D eigenvalue weighted by Crippen LogP contribution is 2.27. The minimum absolute atomic E-state index is 0.0229. The fraction of sp³-hybridized carbons (Fsp3) is 0.706. The summed E-state index contributed by atoms with van der Waals surface area (Å²) in [6.45, 7) is 6.29. The monoisotopic (exact) mass is 387 g/mol. The molecule has 1 saturated heterocycles. The van der Waals surface area contributed by atoms with E-state index in [4.69, 9.17) is 5.73 Å². The second-order valence-corrected chi connectivity index (χ2v) is 10.8. The van der Waals surface area contributed by atoms with E-state index in [-0.39, 0.29) is 17.7 Å². The summed E-state index contributed by atoms with van der Waals surface area (Å²) in [5, 5.41) is 0. The zero-order valence-corrected chi connectivity index (χ0v) is 17.0. The first-order valence-electron chi connectivity index (χ1n) is 8.69. The molecule has 142 valence electrons. The Bertz CT molecular complexity index is 692. The maximum Gasteiger partial charge on any atom is 0.252 e. The van der Waals surface area contributed by atoms with Gasteiger partial charge in [0.2, 0.25) is 5.91 Å². The van der Waals surface area contributed by atoms with E-state index in [1.165, 1.54) is 11.3 Å². The van der Waals surface area contributed by atoms with Crippen molar-refractivity contribution in [3.05, 3.63) is 17.0 Å². The number of hydrogen-bond donors (Lipinski definition) is 1. The Labute approximate surface area is 155 Å². The van der Waals surface area contributed by atoms with Crippen LogP contribution in [0, 0.1) is 5.41 Å². The van der Waals surface area contributed by atoms with Gasteiger partial charge in [0.05, 0.1) is 6.42 Å². The summed E-state index contributed by atoms with van der Waals surface area (Å²) in [6.07, 6.45) is 3.13. The lowest BCUT2D eigenvalue weighted by Gasteiger charge is -2.29. The van der Waals surface area contributed by atoms with E-state index >= 15 is 0 Å². The predicted octanol–water partition coefficient (Wildman–Crippen LogP) is 1.91. The Morgan fingerprint density at radius 2 is 1.92 bits per heavy atom. The molecular formula is C17H29N3O3S2. The molecule has 2 heterocycles. The molecule has 0 unspecified atom stereocenters. The van der Waals surface area contributed by atoms with Crippen molar-refractivity contribution in [2.75, 3.05) is 33.2 Å². The van der Waals surface area contributed by atoms with Crippen molar-refractivity contribution >= 4 is 27.3 Å². The molecule has 1 aromatic heterocycles. The van der Waals surface area contributed by atoms with Crippen LogP contribution in [0.1, 0.15) is 38.0 Å². The van der Waals surface area contributed by atoms with Gasteiger partial charge in [-0.3, -0.25) is 4.79 Å². The molecule has 1 amide bonds. The molecule has 0 atom stereocenters. The highest BCUT2D eigenvalue weighted by atomic mass is 32.2. The molecule has 8 heteroatoms. The van der Waals surface area contributed by atoms with Crippen molar-refractivity contribution in [1.29, 1.82) is 0 Å². The molecule has 6 nitrogen and oxygen atoms in total. The van der Waals surface area contributed by atoms with Gasteiger partial charge in [0.25, 0.3) is 10.0 Å². The van der Waals surface area contributed by atoms with E-state index in [1.54, 1.807) is 28.4 Å². The second kappa shape index (κ2) is 8.16. The summed E-state index contributed by atoms with van der Waals surface area (Å²) in [4.78, 5) is 14.8. The van der Waals surface area contributed by atoms with Gasteiger partial charge in [0, 0.05) is 31.6 Å². The van der Waals surface area contributed by atoms with Crippen molar-refractivity contribution < 1.29 is 13.2 Å². The van der Waals surface area contributed by atoms with Gasteiger partial charge in [-0.1, -0.05) is 20.3 Å². The first kappa shape index (κ1) is 20.4. The van der Waals surface area contributed by atoms with E-state index in [0.29, 0.717) is 30.4 Å². The largest absolute Gasteiger partial charge is 0.345 e. The lowest BCUT2D eigenvalue weighted by molar-refractivity contribution is -0.130. The number of thiophene rings is 1. The van der Waals surface area contributed by atoms with E-state index in [0.717, 1.165) is 24.1 Å². The van der Waals surface area contributed by atoms with E-state index in [9.17, 15) is 13.2 Å². The SMILES string of the molecule is CN(CC(C)(C)CN)C(=O)Cc1ccc(S(=O)(=O)N2CCCCC2)s1. The zero-order chi connectivity index (χ0) is 18.7. The van der Waals surface area contributed by atoms with E-state index in [2.05, 4.69) is 0 Å². The molecule has 0 saturated carbocycles. The van der Waals surface area contributed by atoms with Crippen LogP contribution >= 0.6 is 11.3 Å². The molecule has 0 aromatic carbocycles. The summed E-state index contributed by atoms with van der Waals surface area (Å²) < 4.78 is 27.2. The minimum Gasteiger partial charge on any atom is -0.345 e. The molecule has 1 fully saturated rings. The molecule has 0 bridgehead atoms. The number of nitrogens with zero attached hydrogens (tertiary/aromatic N) is 2. The third kappa shape index (κ3) is 5.26. The lowest BCUT2D eigenvalue weighted by Crippen LogP contribution is -2.40. The van der Waals surface area contributed by atoms with Gasteiger partial charge in [-0.15, -0.1) is 11.3 Å². The van der Waals surface area contributed by atoms with Crippen molar-refractivity contribution in [3.63, 3.8) is 0 Å². The number of carbonyl (C=O) groups is 1. The maximum atomic E-state index is 12.7. The maximum absolute atomic E-state index is 12.7. The number of rotatable bonds is 7. The average Bonchev–Trinajstić information content (AvgIpc) is 3.04. The molecule has 0 spiro atoms. The molecule has 2 rings (SSSR count). The van der Waals surface area contributed by atoms with Gasteiger partial charge in [0.15, 0.2) is 0 Å². The van der Waals surface area contributed by atoms with Crippen molar-refractivity contribution in [1.82, 2.24) is 9.21 Å². The van der Waals surface area contributed by atoms with Crippen LogP contribution in [0.15, 0.2) is 16.3 Å². The summed E-state index contributed by atoms with van der Waals surface area (Å²) in [5.41, 5.74) is 5.59. The fourth-order valence-electron chi connectivity index (χ4n) is 2.90. The van der Waals surface area contributed by atoms with E-state index in [1.807, 2.05) is 13.8 Å². The summed E-state index contributed by atoms with van der Waals surface area (Å²) in [6, 6.07) is 3.38. The topological polar surface area (TPSA) is 83.7 Å². The average molecular weight is 388 g/mol. The van der Waals surface area contributed by atoms with Crippen LogP contribution in [-0.2, 0) is 21.2 Å². The number of sulfonamides is 1. The molecule has 1 aliphatic heterocycles. The van der Waals surface area contributed by atoms with Crippen molar-refractivity contribution in [3.8, 4) is 0 Å². The molecule has 0 aliphatic carbocycles. The second-order valence-electron chi connectivity index (χ2n) is 7.48. The number of piperidine rings is 1. The Morgan fingerprint density at radius 1 is 1.28 bits per heavy atom. The lowest BCUT2D eigenvalue weighted by atomic mass is 9.93. The fourth-order valence-corrected chi connectivity index (χ4v) is 5.92. The number of likely N-dealkylation sites (N-methyl/N-ethyl adjacent to an activating group) is 1. The zero-order valence-electron chi connectivity index (χ0n) is 15.3. The standard InChI is InChI=1S/C17H29N3O3S2/c1-17(2,12-18)13-19(3)15(21)11-14-7-8-16(24-14)25(22,23)20-9-5-4-6-10-20/h7-8H,4-6,9-13,18H2,1-3H3. The van der Waals surface area contributed by atoms with E-state index < -0.39 is 10.0 Å². The molecule has 0 radical (unpaired) electrons. The minimum atomic E-state index is -3.42. The first-order chi connectivity index (χ1) is 11.7. The number of carbonyl (C=O) groups excluding carboxylic acids is 1. The summed E-state index contributed by atoms with van der Waals surface area (Å²) in [7, 11) is -1.66. The number of nitrogens with two attached hydrogens (primary N) is 1. The predicted molar refractivity (Wildman–Crippen MR) is 101 cm³/mol. The summed E-state index contributed by atoms with van der Waals surface area (Å²) >= 11 is 1.20. The van der Waals surface area contributed by atoms with Crippen LogP contribution in [0.2, 0.25) is 0 Å². The van der Waals surface area contributed by atoms with Gasteiger partial charge < -0.3 is 10.6 Å². The normalized spacial score (nSPS) is 16.8. The molecule has 1 aromatic rings. The van der Waals surface area contributed by atoms with Gasteiger partial charge in [-0.2, -0.15) is 4.31 Å². The third-order valence-corrected chi connectivity index (χ3v) is 7.97. The van der Waals surface area contributed by atoms with Crippen LogP contribution in [0.3, 0.4) is 0 Å². The smallest absolute Gasteiger partial charge is 0.252 e. The molecule has 25 heavy (non-hydrogen) atoms. The Hall–Kier alpha value is -0.960. The van der Waals surface area contributed by atoms with Crippen LogP contribution in [-0.4, -0.2) is 56.8 Å². The van der Waals surface area contributed by atoms with Crippen LogP contribution in [0.5, 0.6) is 0 Å². The quantitative estimate of drug-likeness (QED) is 0.775. The van der Waals surface area contributed by atoms with Gasteiger partial charge in [0.1, 0.15) is 4.21 Å². The Kier molecular flexibility index (Phi) is 6.64. The highest BCUT2D eigenvalue weighted by Gasteiger charge is 2.28. The number of hydrogen-bond acceptors (Lipinski definition) is 5. The van der Waals surface area contributed by atoms with Crippen LogP contribution in [0.4, 0.5) is 0 Å². The summed E-state index contributed by atoms with van der Waals surface area (Å²) in [5.74, 6) is -0.0229. The molecular weight excluding hydrogens is 358 g/mol. The van der Waals surface area contributed by atoms with Crippen molar-refractivity contribution in [2.24, 2.45) is 11.1 Å². The first-order valence-corrected chi connectivity index (χ1v) is 10.9. The molecule has 2 N–H and O–H groups in total. The Balaban J connectivity index is 2.02. The van der Waals surface area contributed by atoms with Gasteiger partial charge in [-0.05, 0) is 36.9 Å². The highest BCUT2D eigenvalue weighted by molar-refractivity contribution is 7.91. The van der Waals surface area contributed by atoms with Crippen molar-refractivity contribution in [2.45, 2.75) is 43.7 Å². The van der Waals surface area contributed by atoms with Crippen LogP contribution in [0.25, 0.3) is 0 Å². The number of amides is 1. The Morgan fingerprint density at radius 3 is 2.52 bits per heavy atom. The van der Waals surface area contributed by atoms with Gasteiger partial charge in [-0.25, -0.2) is 8.42 Å².